The number of aryl methyl sites for hydroxylation is 1. The van der Waals surface area contributed by atoms with E-state index < -0.39 is 0 Å². The minimum Gasteiger partial charge on any atom is -0.336 e. The SMILES string of the molecule is Cc1nc(-c2ccc(NC(=O)NCCn3ccnc3)cc2)cs1. The van der Waals surface area contributed by atoms with Gasteiger partial charge in [-0.3, -0.25) is 0 Å². The number of nitrogens with one attached hydrogen (secondary N) is 2. The number of carbonyl (C=O) groups is 1. The summed E-state index contributed by atoms with van der Waals surface area (Å²) in [5.74, 6) is 0. The van der Waals surface area contributed by atoms with Crippen LogP contribution in [0, 0.1) is 6.92 Å². The van der Waals surface area contributed by atoms with Gasteiger partial charge in [0.1, 0.15) is 0 Å². The fraction of sp³-hybridized carbons (Fsp3) is 0.188. The predicted octanol–water partition coefficient (Wildman–Crippen LogP) is 3.14. The number of aromatic nitrogens is 3. The Bertz CT molecular complexity index is 764. The summed E-state index contributed by atoms with van der Waals surface area (Å²) in [6.07, 6.45) is 5.29. The minimum atomic E-state index is -0.220. The molecule has 7 heteroatoms. The highest BCUT2D eigenvalue weighted by Crippen LogP contribution is 2.22. The third-order valence-electron chi connectivity index (χ3n) is 3.27. The molecule has 0 bridgehead atoms. The van der Waals surface area contributed by atoms with E-state index in [1.54, 1.807) is 23.9 Å². The summed E-state index contributed by atoms with van der Waals surface area (Å²) >= 11 is 1.62. The van der Waals surface area contributed by atoms with Gasteiger partial charge in [-0.25, -0.2) is 14.8 Å². The number of nitrogens with zero attached hydrogens (tertiary/aromatic N) is 3. The van der Waals surface area contributed by atoms with E-state index in [2.05, 4.69) is 20.6 Å². The van der Waals surface area contributed by atoms with E-state index >= 15 is 0 Å². The monoisotopic (exact) mass is 327 g/mol. The fourth-order valence-electron chi connectivity index (χ4n) is 2.11. The molecule has 2 aromatic heterocycles. The molecule has 0 aliphatic heterocycles. The molecule has 3 rings (SSSR count). The smallest absolute Gasteiger partial charge is 0.319 e. The Balaban J connectivity index is 1.50. The topological polar surface area (TPSA) is 71.8 Å². The number of amides is 2. The second-order valence-corrected chi connectivity index (χ2v) is 6.07. The molecule has 1 aromatic carbocycles. The molecule has 2 heterocycles. The molecule has 118 valence electrons. The normalized spacial score (nSPS) is 10.5. The number of anilines is 1. The van der Waals surface area contributed by atoms with E-state index in [0.29, 0.717) is 13.1 Å². The van der Waals surface area contributed by atoms with Crippen molar-refractivity contribution in [2.75, 3.05) is 11.9 Å². The zero-order chi connectivity index (χ0) is 16.1. The molecular formula is C16H17N5OS. The van der Waals surface area contributed by atoms with E-state index in [1.807, 2.05) is 47.3 Å². The Hall–Kier alpha value is -2.67. The van der Waals surface area contributed by atoms with Gasteiger partial charge in [0.25, 0.3) is 0 Å². The molecule has 0 aliphatic carbocycles. The summed E-state index contributed by atoms with van der Waals surface area (Å²) in [6, 6.07) is 7.44. The molecule has 23 heavy (non-hydrogen) atoms. The second-order valence-electron chi connectivity index (χ2n) is 5.01. The summed E-state index contributed by atoms with van der Waals surface area (Å²) in [6.45, 7) is 3.21. The van der Waals surface area contributed by atoms with Crippen LogP contribution >= 0.6 is 11.3 Å². The Morgan fingerprint density at radius 1 is 1.30 bits per heavy atom. The van der Waals surface area contributed by atoms with Gasteiger partial charge in [0.05, 0.1) is 17.0 Å². The fourth-order valence-corrected chi connectivity index (χ4v) is 2.74. The average Bonchev–Trinajstić information content (AvgIpc) is 3.20. The van der Waals surface area contributed by atoms with Crippen molar-refractivity contribution in [2.24, 2.45) is 0 Å². The van der Waals surface area contributed by atoms with Crippen LogP contribution in [0.1, 0.15) is 5.01 Å². The molecule has 0 saturated heterocycles. The summed E-state index contributed by atoms with van der Waals surface area (Å²) in [5.41, 5.74) is 2.75. The molecule has 0 unspecified atom stereocenters. The number of rotatable bonds is 5. The molecule has 0 fully saturated rings. The van der Waals surface area contributed by atoms with Gasteiger partial charge >= 0.3 is 6.03 Å². The number of carbonyl (C=O) groups excluding carboxylic acids is 1. The Kier molecular flexibility index (Phi) is 4.68. The maximum atomic E-state index is 11.8. The van der Waals surface area contributed by atoms with Crippen molar-refractivity contribution in [1.29, 1.82) is 0 Å². The highest BCUT2D eigenvalue weighted by molar-refractivity contribution is 7.09. The zero-order valence-corrected chi connectivity index (χ0v) is 13.5. The van der Waals surface area contributed by atoms with Crippen molar-refractivity contribution >= 4 is 23.1 Å². The van der Waals surface area contributed by atoms with Gasteiger partial charge in [-0.2, -0.15) is 0 Å². The maximum Gasteiger partial charge on any atom is 0.319 e. The lowest BCUT2D eigenvalue weighted by Gasteiger charge is -2.08. The van der Waals surface area contributed by atoms with Crippen molar-refractivity contribution in [2.45, 2.75) is 13.5 Å². The Morgan fingerprint density at radius 3 is 2.78 bits per heavy atom. The van der Waals surface area contributed by atoms with Crippen molar-refractivity contribution < 1.29 is 4.79 Å². The maximum absolute atomic E-state index is 11.8. The van der Waals surface area contributed by atoms with Gasteiger partial charge in [-0.1, -0.05) is 12.1 Å². The minimum absolute atomic E-state index is 0.220. The first-order valence-corrected chi connectivity index (χ1v) is 8.12. The third kappa shape index (κ3) is 4.17. The van der Waals surface area contributed by atoms with Crippen molar-refractivity contribution in [3.8, 4) is 11.3 Å². The number of hydrogen-bond donors (Lipinski definition) is 2. The van der Waals surface area contributed by atoms with E-state index in [1.165, 1.54) is 0 Å². The Morgan fingerprint density at radius 2 is 2.13 bits per heavy atom. The standard InChI is InChI=1S/C16H17N5OS/c1-12-19-15(10-23-12)13-2-4-14(5-3-13)20-16(22)18-7-9-21-8-6-17-11-21/h2-6,8,10-11H,7,9H2,1H3,(H2,18,20,22). The molecular weight excluding hydrogens is 310 g/mol. The molecule has 3 aromatic rings. The Labute approximate surface area is 138 Å². The quantitative estimate of drug-likeness (QED) is 0.756. The van der Waals surface area contributed by atoms with E-state index in [0.717, 1.165) is 22.0 Å². The predicted molar refractivity (Wildman–Crippen MR) is 91.5 cm³/mol. The van der Waals surface area contributed by atoms with Crippen LogP contribution in [0.2, 0.25) is 0 Å². The van der Waals surface area contributed by atoms with Gasteiger partial charge in [0.15, 0.2) is 0 Å². The number of benzene rings is 1. The van der Waals surface area contributed by atoms with E-state index in [4.69, 9.17) is 0 Å². The molecule has 0 radical (unpaired) electrons. The lowest BCUT2D eigenvalue weighted by Crippen LogP contribution is -2.31. The van der Waals surface area contributed by atoms with Gasteiger partial charge in [0.2, 0.25) is 0 Å². The first kappa shape index (κ1) is 15.2. The van der Waals surface area contributed by atoms with Gasteiger partial charge in [-0.05, 0) is 19.1 Å². The van der Waals surface area contributed by atoms with Crippen LogP contribution in [-0.2, 0) is 6.54 Å². The third-order valence-corrected chi connectivity index (χ3v) is 4.05. The van der Waals surface area contributed by atoms with Crippen molar-refractivity contribution in [3.05, 3.63) is 53.4 Å². The van der Waals surface area contributed by atoms with Crippen LogP contribution < -0.4 is 10.6 Å². The number of hydrogen-bond acceptors (Lipinski definition) is 4. The van der Waals surface area contributed by atoms with Crippen LogP contribution in [-0.4, -0.2) is 27.1 Å². The first-order chi connectivity index (χ1) is 11.2. The number of imidazole rings is 1. The van der Waals surface area contributed by atoms with Crippen LogP contribution in [0.5, 0.6) is 0 Å². The summed E-state index contributed by atoms with van der Waals surface area (Å²) in [5, 5.41) is 8.69. The summed E-state index contributed by atoms with van der Waals surface area (Å²) < 4.78 is 1.91. The lowest BCUT2D eigenvalue weighted by atomic mass is 10.1. The van der Waals surface area contributed by atoms with Gasteiger partial charge < -0.3 is 15.2 Å². The van der Waals surface area contributed by atoms with E-state index in [9.17, 15) is 4.79 Å². The average molecular weight is 327 g/mol. The molecule has 0 aliphatic rings. The highest BCUT2D eigenvalue weighted by Gasteiger charge is 2.04. The highest BCUT2D eigenvalue weighted by atomic mass is 32.1. The van der Waals surface area contributed by atoms with Crippen LogP contribution in [0.25, 0.3) is 11.3 Å². The summed E-state index contributed by atoms with van der Waals surface area (Å²) in [7, 11) is 0. The van der Waals surface area contributed by atoms with Gasteiger partial charge in [-0.15, -0.1) is 11.3 Å². The van der Waals surface area contributed by atoms with Crippen molar-refractivity contribution in [3.63, 3.8) is 0 Å². The number of urea groups is 1. The number of thiazole rings is 1. The van der Waals surface area contributed by atoms with Crippen LogP contribution in [0.3, 0.4) is 0 Å². The molecule has 0 spiro atoms. The molecule has 0 saturated carbocycles. The second kappa shape index (κ2) is 7.06. The summed E-state index contributed by atoms with van der Waals surface area (Å²) in [4.78, 5) is 20.2. The van der Waals surface area contributed by atoms with Crippen LogP contribution in [0.15, 0.2) is 48.4 Å². The largest absolute Gasteiger partial charge is 0.336 e. The molecule has 6 nitrogen and oxygen atoms in total. The molecule has 0 atom stereocenters. The lowest BCUT2D eigenvalue weighted by molar-refractivity contribution is 0.251. The van der Waals surface area contributed by atoms with Crippen molar-refractivity contribution in [1.82, 2.24) is 19.9 Å². The molecule has 2 N–H and O–H groups in total. The van der Waals surface area contributed by atoms with Crippen LogP contribution in [0.4, 0.5) is 10.5 Å². The zero-order valence-electron chi connectivity index (χ0n) is 12.7. The van der Waals surface area contributed by atoms with Gasteiger partial charge in [0, 0.05) is 42.1 Å². The first-order valence-electron chi connectivity index (χ1n) is 7.24. The van der Waals surface area contributed by atoms with E-state index in [-0.39, 0.29) is 6.03 Å². The molecule has 2 amide bonds.